The van der Waals surface area contributed by atoms with Gasteiger partial charge in [-0.2, -0.15) is 0 Å². The van der Waals surface area contributed by atoms with Gasteiger partial charge in [0, 0.05) is 0 Å². The molecule has 0 saturated heterocycles. The summed E-state index contributed by atoms with van der Waals surface area (Å²) in [4.78, 5) is 0. The van der Waals surface area contributed by atoms with Gasteiger partial charge in [0.15, 0.2) is 0 Å². The fourth-order valence-electron chi connectivity index (χ4n) is 2.97. The Kier molecular flexibility index (Phi) is 5.66. The summed E-state index contributed by atoms with van der Waals surface area (Å²) in [6.45, 7) is 4.46. The lowest BCUT2D eigenvalue weighted by Crippen LogP contribution is -2.40. The molecule has 2 unspecified atom stereocenters. The van der Waals surface area contributed by atoms with Crippen LogP contribution < -0.4 is 0 Å². The summed E-state index contributed by atoms with van der Waals surface area (Å²) in [5.74, 6) is 0.595. The standard InChI is InChI=1S/C14H28O/c1-3-5-9-13-10-7-8-12-14(13,15)11-6-4-2/h13,15H,3-12H2,1-2H3. The van der Waals surface area contributed by atoms with E-state index >= 15 is 0 Å². The van der Waals surface area contributed by atoms with E-state index in [9.17, 15) is 5.11 Å². The lowest BCUT2D eigenvalue weighted by molar-refractivity contribution is -0.0599. The van der Waals surface area contributed by atoms with E-state index < -0.39 is 0 Å². The Hall–Kier alpha value is -0.0400. The zero-order valence-electron chi connectivity index (χ0n) is 10.6. The highest BCUT2D eigenvalue weighted by atomic mass is 16.3. The fourth-order valence-corrected chi connectivity index (χ4v) is 2.97. The first-order valence-corrected chi connectivity index (χ1v) is 6.95. The predicted molar refractivity (Wildman–Crippen MR) is 66.0 cm³/mol. The number of unbranched alkanes of at least 4 members (excludes halogenated alkanes) is 2. The van der Waals surface area contributed by atoms with Gasteiger partial charge in [0.25, 0.3) is 0 Å². The van der Waals surface area contributed by atoms with Gasteiger partial charge in [-0.25, -0.2) is 0 Å². The van der Waals surface area contributed by atoms with Crippen LogP contribution in [-0.4, -0.2) is 10.7 Å². The quantitative estimate of drug-likeness (QED) is 0.696. The third-order valence-corrected chi connectivity index (χ3v) is 4.04. The summed E-state index contributed by atoms with van der Waals surface area (Å²) in [6, 6.07) is 0. The molecule has 0 aromatic rings. The molecule has 2 atom stereocenters. The smallest absolute Gasteiger partial charge is 0.0675 e. The summed E-state index contributed by atoms with van der Waals surface area (Å²) in [5.41, 5.74) is -0.302. The summed E-state index contributed by atoms with van der Waals surface area (Å²) in [7, 11) is 0. The SMILES string of the molecule is CCCCC1CCCCC1(O)CCCC. The third-order valence-electron chi connectivity index (χ3n) is 4.04. The molecule has 0 amide bonds. The first-order valence-electron chi connectivity index (χ1n) is 6.95. The van der Waals surface area contributed by atoms with Gasteiger partial charge < -0.3 is 5.11 Å². The Labute approximate surface area is 95.3 Å². The molecule has 0 aliphatic heterocycles. The minimum atomic E-state index is -0.302. The van der Waals surface area contributed by atoms with Gasteiger partial charge in [-0.1, -0.05) is 52.4 Å². The molecule has 0 bridgehead atoms. The molecular weight excluding hydrogens is 184 g/mol. The molecule has 1 fully saturated rings. The van der Waals surface area contributed by atoms with Crippen LogP contribution in [0.5, 0.6) is 0 Å². The normalized spacial score (nSPS) is 31.8. The van der Waals surface area contributed by atoms with Gasteiger partial charge in [0.2, 0.25) is 0 Å². The van der Waals surface area contributed by atoms with Crippen LogP contribution in [0.15, 0.2) is 0 Å². The maximum Gasteiger partial charge on any atom is 0.0675 e. The third kappa shape index (κ3) is 3.79. The molecule has 1 N–H and O–H groups in total. The zero-order valence-corrected chi connectivity index (χ0v) is 10.6. The maximum absolute atomic E-state index is 10.7. The van der Waals surface area contributed by atoms with Crippen molar-refractivity contribution < 1.29 is 5.11 Å². The molecule has 0 spiro atoms. The molecule has 0 radical (unpaired) electrons. The molecule has 1 nitrogen and oxygen atoms in total. The summed E-state index contributed by atoms with van der Waals surface area (Å²) in [6.07, 6.45) is 12.1. The Balaban J connectivity index is 2.46. The van der Waals surface area contributed by atoms with Crippen molar-refractivity contribution in [3.05, 3.63) is 0 Å². The first-order chi connectivity index (χ1) is 7.23. The van der Waals surface area contributed by atoms with E-state index in [1.807, 2.05) is 0 Å². The number of hydrogen-bond donors (Lipinski definition) is 1. The Morgan fingerprint density at radius 1 is 1.13 bits per heavy atom. The monoisotopic (exact) mass is 212 g/mol. The van der Waals surface area contributed by atoms with E-state index in [0.29, 0.717) is 5.92 Å². The lowest BCUT2D eigenvalue weighted by Gasteiger charge is -2.40. The van der Waals surface area contributed by atoms with Crippen LogP contribution in [0.4, 0.5) is 0 Å². The van der Waals surface area contributed by atoms with Gasteiger partial charge >= 0.3 is 0 Å². The fraction of sp³-hybridized carbons (Fsp3) is 1.00. The van der Waals surface area contributed by atoms with Gasteiger partial charge in [-0.3, -0.25) is 0 Å². The predicted octanol–water partition coefficient (Wildman–Crippen LogP) is 4.29. The average molecular weight is 212 g/mol. The highest BCUT2D eigenvalue weighted by Crippen LogP contribution is 2.40. The zero-order chi connectivity index (χ0) is 11.1. The van der Waals surface area contributed by atoms with E-state index in [2.05, 4.69) is 13.8 Å². The van der Waals surface area contributed by atoms with Crippen LogP contribution in [0.25, 0.3) is 0 Å². The Morgan fingerprint density at radius 2 is 1.87 bits per heavy atom. The van der Waals surface area contributed by atoms with Crippen molar-refractivity contribution in [2.24, 2.45) is 5.92 Å². The largest absolute Gasteiger partial charge is 0.390 e. The molecule has 0 heterocycles. The molecule has 90 valence electrons. The van der Waals surface area contributed by atoms with Gasteiger partial charge in [-0.05, 0) is 31.6 Å². The van der Waals surface area contributed by atoms with Crippen molar-refractivity contribution in [1.82, 2.24) is 0 Å². The van der Waals surface area contributed by atoms with E-state index in [1.165, 1.54) is 51.4 Å². The highest BCUT2D eigenvalue weighted by molar-refractivity contribution is 4.89. The average Bonchev–Trinajstić information content (AvgIpc) is 2.25. The van der Waals surface area contributed by atoms with Crippen LogP contribution in [0.2, 0.25) is 0 Å². The highest BCUT2D eigenvalue weighted by Gasteiger charge is 2.37. The summed E-state index contributed by atoms with van der Waals surface area (Å²) >= 11 is 0. The van der Waals surface area contributed by atoms with Crippen LogP contribution in [0.1, 0.15) is 78.1 Å². The Morgan fingerprint density at radius 3 is 2.53 bits per heavy atom. The second-order valence-corrected chi connectivity index (χ2v) is 5.29. The van der Waals surface area contributed by atoms with Crippen molar-refractivity contribution in [3.63, 3.8) is 0 Å². The van der Waals surface area contributed by atoms with Crippen LogP contribution >= 0.6 is 0 Å². The molecule has 1 rings (SSSR count). The van der Waals surface area contributed by atoms with E-state index in [0.717, 1.165) is 12.8 Å². The Bertz CT molecular complexity index is 167. The number of aliphatic hydroxyl groups is 1. The van der Waals surface area contributed by atoms with E-state index in [-0.39, 0.29) is 5.60 Å². The molecule has 1 heteroatoms. The van der Waals surface area contributed by atoms with Gasteiger partial charge in [0.1, 0.15) is 0 Å². The van der Waals surface area contributed by atoms with E-state index in [4.69, 9.17) is 0 Å². The summed E-state index contributed by atoms with van der Waals surface area (Å²) < 4.78 is 0. The van der Waals surface area contributed by atoms with Crippen LogP contribution in [0, 0.1) is 5.92 Å². The van der Waals surface area contributed by atoms with Crippen molar-refractivity contribution in [2.75, 3.05) is 0 Å². The topological polar surface area (TPSA) is 20.2 Å². The van der Waals surface area contributed by atoms with Crippen molar-refractivity contribution in [3.8, 4) is 0 Å². The number of rotatable bonds is 6. The van der Waals surface area contributed by atoms with Crippen molar-refractivity contribution in [2.45, 2.75) is 83.7 Å². The second kappa shape index (κ2) is 6.52. The molecule has 15 heavy (non-hydrogen) atoms. The lowest BCUT2D eigenvalue weighted by atomic mass is 9.71. The molecule has 0 aromatic carbocycles. The molecular formula is C14H28O. The minimum absolute atomic E-state index is 0.302. The van der Waals surface area contributed by atoms with Gasteiger partial charge in [-0.15, -0.1) is 0 Å². The summed E-state index contributed by atoms with van der Waals surface area (Å²) in [5, 5.41) is 10.7. The van der Waals surface area contributed by atoms with Crippen LogP contribution in [0.3, 0.4) is 0 Å². The second-order valence-electron chi connectivity index (χ2n) is 5.29. The number of hydrogen-bond acceptors (Lipinski definition) is 1. The minimum Gasteiger partial charge on any atom is -0.390 e. The van der Waals surface area contributed by atoms with Gasteiger partial charge in [0.05, 0.1) is 5.60 Å². The molecule has 1 aliphatic rings. The molecule has 1 aliphatic carbocycles. The maximum atomic E-state index is 10.7. The molecule has 1 saturated carbocycles. The molecule has 0 aromatic heterocycles. The van der Waals surface area contributed by atoms with Crippen LogP contribution in [-0.2, 0) is 0 Å². The first kappa shape index (κ1) is 13.0. The van der Waals surface area contributed by atoms with E-state index in [1.54, 1.807) is 0 Å². The van der Waals surface area contributed by atoms with Crippen molar-refractivity contribution >= 4 is 0 Å². The van der Waals surface area contributed by atoms with Crippen molar-refractivity contribution in [1.29, 1.82) is 0 Å².